The van der Waals surface area contributed by atoms with E-state index < -0.39 is 0 Å². The number of nitrogens with one attached hydrogen (secondary N) is 1. The molecular formula is C21H31N3O3. The van der Waals surface area contributed by atoms with Gasteiger partial charge in [0.2, 0.25) is 11.8 Å². The third-order valence-electron chi connectivity index (χ3n) is 5.62. The predicted molar refractivity (Wildman–Crippen MR) is 104 cm³/mol. The fraction of sp³-hybridized carbons (Fsp3) is 0.619. The van der Waals surface area contributed by atoms with Crippen LogP contribution >= 0.6 is 0 Å². The molecule has 0 spiro atoms. The molecule has 0 bridgehead atoms. The van der Waals surface area contributed by atoms with E-state index in [9.17, 15) is 9.59 Å². The highest BCUT2D eigenvalue weighted by atomic mass is 16.5. The number of amides is 2. The molecule has 0 saturated carbocycles. The molecule has 148 valence electrons. The molecule has 1 N–H and O–H groups in total. The van der Waals surface area contributed by atoms with Crippen molar-refractivity contribution in [2.45, 2.75) is 25.7 Å². The maximum atomic E-state index is 12.4. The second-order valence-corrected chi connectivity index (χ2v) is 7.59. The minimum atomic E-state index is -0.214. The average molecular weight is 373 g/mol. The molecule has 2 amide bonds. The molecular weight excluding hydrogens is 342 g/mol. The van der Waals surface area contributed by atoms with E-state index in [0.717, 1.165) is 39.3 Å². The highest BCUT2D eigenvalue weighted by Gasteiger charge is 2.34. The minimum Gasteiger partial charge on any atom is -0.379 e. The summed E-state index contributed by atoms with van der Waals surface area (Å²) in [4.78, 5) is 28.8. The minimum absolute atomic E-state index is 0.0116. The molecule has 1 aromatic rings. The molecule has 6 nitrogen and oxygen atoms in total. The van der Waals surface area contributed by atoms with E-state index in [2.05, 4.69) is 29.3 Å². The van der Waals surface area contributed by atoms with Crippen LogP contribution in [-0.4, -0.2) is 74.1 Å². The van der Waals surface area contributed by atoms with Gasteiger partial charge in [0.05, 0.1) is 19.1 Å². The van der Waals surface area contributed by atoms with E-state index in [-0.39, 0.29) is 17.7 Å². The normalized spacial score (nSPS) is 22.0. The molecule has 2 atom stereocenters. The Hall–Kier alpha value is -1.92. The van der Waals surface area contributed by atoms with Gasteiger partial charge in [0.25, 0.3) is 0 Å². The van der Waals surface area contributed by atoms with Crippen molar-refractivity contribution in [3.63, 3.8) is 0 Å². The van der Waals surface area contributed by atoms with E-state index in [1.807, 2.05) is 23.1 Å². The molecule has 2 aliphatic rings. The Morgan fingerprint density at radius 3 is 2.70 bits per heavy atom. The van der Waals surface area contributed by atoms with Gasteiger partial charge in [0.1, 0.15) is 0 Å². The smallest absolute Gasteiger partial charge is 0.225 e. The van der Waals surface area contributed by atoms with Crippen LogP contribution in [-0.2, 0) is 14.3 Å². The number of nitrogens with zero attached hydrogens (tertiary/aromatic N) is 2. The van der Waals surface area contributed by atoms with Crippen LogP contribution in [0.15, 0.2) is 30.3 Å². The summed E-state index contributed by atoms with van der Waals surface area (Å²) in [7, 11) is 0. The van der Waals surface area contributed by atoms with E-state index in [1.54, 1.807) is 0 Å². The van der Waals surface area contributed by atoms with Crippen LogP contribution in [0.3, 0.4) is 0 Å². The summed E-state index contributed by atoms with van der Waals surface area (Å²) in [5, 5.41) is 3.03. The summed E-state index contributed by atoms with van der Waals surface area (Å²) in [6, 6.07) is 10.3. The zero-order valence-electron chi connectivity index (χ0n) is 16.2. The molecule has 0 unspecified atom stereocenters. The molecule has 2 aliphatic heterocycles. The number of morpholine rings is 1. The Morgan fingerprint density at radius 1 is 1.22 bits per heavy atom. The number of ether oxygens (including phenoxy) is 1. The first-order valence-electron chi connectivity index (χ1n) is 10.0. The molecule has 27 heavy (non-hydrogen) atoms. The second-order valence-electron chi connectivity index (χ2n) is 7.59. The standard InChI is InChI=1S/C21H31N3O3/c1-17(18-5-3-2-4-6-18)7-8-22-21(26)19-15-20(25)24(16-19)10-9-23-11-13-27-14-12-23/h2-6,17,19H,7-16H2,1H3,(H,22,26)/t17-,19-/m0/s1. The van der Waals surface area contributed by atoms with E-state index in [1.165, 1.54) is 5.56 Å². The van der Waals surface area contributed by atoms with Crippen LogP contribution in [0.1, 0.15) is 31.2 Å². The van der Waals surface area contributed by atoms with Crippen LogP contribution in [0, 0.1) is 5.92 Å². The Kier molecular flexibility index (Phi) is 7.24. The van der Waals surface area contributed by atoms with Crippen LogP contribution < -0.4 is 5.32 Å². The molecule has 2 saturated heterocycles. The van der Waals surface area contributed by atoms with Crippen molar-refractivity contribution in [1.29, 1.82) is 0 Å². The van der Waals surface area contributed by atoms with Gasteiger partial charge in [0, 0.05) is 45.7 Å². The maximum absolute atomic E-state index is 12.4. The lowest BCUT2D eigenvalue weighted by Gasteiger charge is -2.28. The van der Waals surface area contributed by atoms with Gasteiger partial charge in [-0.2, -0.15) is 0 Å². The van der Waals surface area contributed by atoms with Crippen LogP contribution in [0.2, 0.25) is 0 Å². The molecule has 1 aromatic carbocycles. The third-order valence-corrected chi connectivity index (χ3v) is 5.62. The quantitative estimate of drug-likeness (QED) is 0.750. The second kappa shape index (κ2) is 9.85. The predicted octanol–water partition coefficient (Wildman–Crippen LogP) is 1.48. The number of carbonyl (C=O) groups excluding carboxylic acids is 2. The Balaban J connectivity index is 1.37. The first-order valence-corrected chi connectivity index (χ1v) is 10.0. The topological polar surface area (TPSA) is 61.9 Å². The summed E-state index contributed by atoms with van der Waals surface area (Å²) < 4.78 is 5.35. The zero-order valence-corrected chi connectivity index (χ0v) is 16.2. The van der Waals surface area contributed by atoms with Crippen LogP contribution in [0.25, 0.3) is 0 Å². The molecule has 2 fully saturated rings. The molecule has 0 aromatic heterocycles. The third kappa shape index (κ3) is 5.78. The molecule has 3 rings (SSSR count). The first kappa shape index (κ1) is 19.8. The summed E-state index contributed by atoms with van der Waals surface area (Å²) in [5.41, 5.74) is 1.29. The molecule has 6 heteroatoms. The van der Waals surface area contributed by atoms with Crippen molar-refractivity contribution in [3.05, 3.63) is 35.9 Å². The number of likely N-dealkylation sites (tertiary alicyclic amines) is 1. The Labute approximate surface area is 161 Å². The summed E-state index contributed by atoms with van der Waals surface area (Å²) >= 11 is 0. The Bertz CT molecular complexity index is 616. The zero-order chi connectivity index (χ0) is 19.1. The van der Waals surface area contributed by atoms with Crippen molar-refractivity contribution in [3.8, 4) is 0 Å². The SMILES string of the molecule is C[C@@H](CCNC(=O)[C@H]1CC(=O)N(CCN2CCOCC2)C1)c1ccccc1. The van der Waals surface area contributed by atoms with Crippen molar-refractivity contribution >= 4 is 11.8 Å². The molecule has 0 aliphatic carbocycles. The van der Waals surface area contributed by atoms with Gasteiger partial charge in [-0.3, -0.25) is 14.5 Å². The molecule has 0 radical (unpaired) electrons. The lowest BCUT2D eigenvalue weighted by atomic mass is 9.98. The van der Waals surface area contributed by atoms with Gasteiger partial charge in [-0.05, 0) is 17.9 Å². The fourth-order valence-corrected chi connectivity index (χ4v) is 3.76. The summed E-state index contributed by atoms with van der Waals surface area (Å²) in [6.45, 7) is 8.30. The van der Waals surface area contributed by atoms with Crippen molar-refractivity contribution in [1.82, 2.24) is 15.1 Å². The lowest BCUT2D eigenvalue weighted by Crippen LogP contribution is -2.42. The van der Waals surface area contributed by atoms with Crippen LogP contribution in [0.4, 0.5) is 0 Å². The molecule has 2 heterocycles. The van der Waals surface area contributed by atoms with Gasteiger partial charge < -0.3 is 15.0 Å². The maximum Gasteiger partial charge on any atom is 0.225 e. The fourth-order valence-electron chi connectivity index (χ4n) is 3.76. The number of carbonyl (C=O) groups is 2. The monoisotopic (exact) mass is 373 g/mol. The average Bonchev–Trinajstić information content (AvgIpc) is 3.08. The Morgan fingerprint density at radius 2 is 1.96 bits per heavy atom. The highest BCUT2D eigenvalue weighted by molar-refractivity contribution is 5.89. The number of benzene rings is 1. The lowest BCUT2D eigenvalue weighted by molar-refractivity contribution is -0.129. The van der Waals surface area contributed by atoms with E-state index in [4.69, 9.17) is 4.74 Å². The highest BCUT2D eigenvalue weighted by Crippen LogP contribution is 2.20. The number of hydrogen-bond acceptors (Lipinski definition) is 4. The van der Waals surface area contributed by atoms with Gasteiger partial charge >= 0.3 is 0 Å². The van der Waals surface area contributed by atoms with E-state index >= 15 is 0 Å². The van der Waals surface area contributed by atoms with E-state index in [0.29, 0.717) is 32.0 Å². The van der Waals surface area contributed by atoms with Crippen molar-refractivity contribution < 1.29 is 14.3 Å². The van der Waals surface area contributed by atoms with Gasteiger partial charge in [-0.15, -0.1) is 0 Å². The number of hydrogen-bond donors (Lipinski definition) is 1. The first-order chi connectivity index (χ1) is 13.1. The number of rotatable bonds is 8. The van der Waals surface area contributed by atoms with Gasteiger partial charge in [-0.1, -0.05) is 37.3 Å². The van der Waals surface area contributed by atoms with Crippen LogP contribution in [0.5, 0.6) is 0 Å². The van der Waals surface area contributed by atoms with Gasteiger partial charge in [0.15, 0.2) is 0 Å². The van der Waals surface area contributed by atoms with Crippen molar-refractivity contribution in [2.75, 3.05) is 52.5 Å². The van der Waals surface area contributed by atoms with Gasteiger partial charge in [-0.25, -0.2) is 0 Å². The largest absolute Gasteiger partial charge is 0.379 e. The van der Waals surface area contributed by atoms with Crippen molar-refractivity contribution in [2.24, 2.45) is 5.92 Å². The summed E-state index contributed by atoms with van der Waals surface area (Å²) in [6.07, 6.45) is 1.24. The summed E-state index contributed by atoms with van der Waals surface area (Å²) in [5.74, 6) is 0.300.